The van der Waals surface area contributed by atoms with Crippen LogP contribution in [0.1, 0.15) is 37.6 Å². The molecule has 0 atom stereocenters. The molecule has 0 aliphatic carbocycles. The Morgan fingerprint density at radius 1 is 1.14 bits per heavy atom. The van der Waals surface area contributed by atoms with Crippen LogP contribution in [0, 0.1) is 5.41 Å². The summed E-state index contributed by atoms with van der Waals surface area (Å²) in [6, 6.07) is 6.59. The molecule has 6 nitrogen and oxygen atoms in total. The summed E-state index contributed by atoms with van der Waals surface area (Å²) in [6.07, 6.45) is 0.122. The highest BCUT2D eigenvalue weighted by molar-refractivity contribution is 6.01. The Morgan fingerprint density at radius 2 is 1.77 bits per heavy atom. The van der Waals surface area contributed by atoms with Crippen LogP contribution in [0.4, 0.5) is 5.69 Å². The first-order valence-electron chi connectivity index (χ1n) is 7.01. The number of anilines is 1. The van der Waals surface area contributed by atoms with Crippen LogP contribution in [-0.2, 0) is 14.3 Å². The number of rotatable bonds is 5. The molecular formula is C16H22N2O4. The molecule has 0 saturated heterocycles. The van der Waals surface area contributed by atoms with Crippen LogP contribution in [0.25, 0.3) is 0 Å². The fraction of sp³-hybridized carbons (Fsp3) is 0.438. The van der Waals surface area contributed by atoms with Gasteiger partial charge in [0.2, 0.25) is 11.8 Å². The van der Waals surface area contributed by atoms with Gasteiger partial charge >= 0.3 is 5.97 Å². The number of para-hydroxylation sites is 1. The quantitative estimate of drug-likeness (QED) is 0.815. The van der Waals surface area contributed by atoms with Crippen molar-refractivity contribution in [2.75, 3.05) is 19.0 Å². The molecule has 1 aromatic carbocycles. The summed E-state index contributed by atoms with van der Waals surface area (Å²) in [6.45, 7) is 5.64. The molecule has 0 aliphatic heterocycles. The van der Waals surface area contributed by atoms with Gasteiger partial charge in [-0.05, 0) is 12.1 Å². The molecular weight excluding hydrogens is 284 g/mol. The maximum atomic E-state index is 11.9. The van der Waals surface area contributed by atoms with Crippen molar-refractivity contribution in [2.45, 2.75) is 27.2 Å². The minimum absolute atomic E-state index is 0.115. The van der Waals surface area contributed by atoms with Crippen molar-refractivity contribution in [3.8, 4) is 0 Å². The van der Waals surface area contributed by atoms with Crippen LogP contribution in [0.15, 0.2) is 24.3 Å². The zero-order valence-electron chi connectivity index (χ0n) is 13.4. The summed E-state index contributed by atoms with van der Waals surface area (Å²) >= 11 is 0. The van der Waals surface area contributed by atoms with Crippen molar-refractivity contribution in [1.29, 1.82) is 0 Å². The fourth-order valence-electron chi connectivity index (χ4n) is 1.65. The summed E-state index contributed by atoms with van der Waals surface area (Å²) in [4.78, 5) is 35.2. The highest BCUT2D eigenvalue weighted by Gasteiger charge is 2.20. The van der Waals surface area contributed by atoms with Crippen LogP contribution < -0.4 is 10.6 Å². The molecule has 6 heteroatoms. The summed E-state index contributed by atoms with van der Waals surface area (Å²) in [7, 11) is 1.28. The Hall–Kier alpha value is -2.37. The third kappa shape index (κ3) is 5.20. The molecule has 0 aromatic heterocycles. The average molecular weight is 306 g/mol. The molecule has 0 radical (unpaired) electrons. The van der Waals surface area contributed by atoms with Crippen LogP contribution in [0.3, 0.4) is 0 Å². The molecule has 120 valence electrons. The van der Waals surface area contributed by atoms with E-state index in [1.165, 1.54) is 7.11 Å². The molecule has 0 heterocycles. The van der Waals surface area contributed by atoms with Crippen molar-refractivity contribution < 1.29 is 19.1 Å². The van der Waals surface area contributed by atoms with E-state index in [4.69, 9.17) is 0 Å². The number of hydrogen-bond acceptors (Lipinski definition) is 4. The number of amides is 2. The lowest BCUT2D eigenvalue weighted by Crippen LogP contribution is -2.36. The molecule has 1 rings (SSSR count). The second kappa shape index (κ2) is 7.59. The topological polar surface area (TPSA) is 84.5 Å². The van der Waals surface area contributed by atoms with Crippen LogP contribution in [0.2, 0.25) is 0 Å². The van der Waals surface area contributed by atoms with E-state index in [1.54, 1.807) is 45.0 Å². The molecule has 0 aliphatic rings. The number of ether oxygens (including phenoxy) is 1. The predicted molar refractivity (Wildman–Crippen MR) is 83.5 cm³/mol. The number of nitrogens with one attached hydrogen (secondary N) is 2. The van der Waals surface area contributed by atoms with E-state index in [0.717, 1.165) is 0 Å². The molecule has 1 aromatic rings. The number of esters is 1. The smallest absolute Gasteiger partial charge is 0.339 e. The number of hydrogen-bond donors (Lipinski definition) is 2. The van der Waals surface area contributed by atoms with E-state index >= 15 is 0 Å². The van der Waals surface area contributed by atoms with Gasteiger partial charge < -0.3 is 15.4 Å². The van der Waals surface area contributed by atoms with E-state index in [-0.39, 0.29) is 30.3 Å². The molecule has 0 saturated carbocycles. The van der Waals surface area contributed by atoms with Gasteiger partial charge in [0.25, 0.3) is 0 Å². The number of benzene rings is 1. The monoisotopic (exact) mass is 306 g/mol. The Kier molecular flexibility index (Phi) is 6.10. The highest BCUT2D eigenvalue weighted by Crippen LogP contribution is 2.16. The number of carbonyl (C=O) groups excluding carboxylic acids is 3. The Morgan fingerprint density at radius 3 is 2.36 bits per heavy atom. The van der Waals surface area contributed by atoms with E-state index in [1.807, 2.05) is 0 Å². The molecule has 2 amide bonds. The maximum absolute atomic E-state index is 11.9. The minimum Gasteiger partial charge on any atom is -0.465 e. The lowest BCUT2D eigenvalue weighted by molar-refractivity contribution is -0.128. The largest absolute Gasteiger partial charge is 0.465 e. The van der Waals surface area contributed by atoms with Gasteiger partial charge in [0.1, 0.15) is 0 Å². The van der Waals surface area contributed by atoms with Crippen molar-refractivity contribution >= 4 is 23.5 Å². The predicted octanol–water partition coefficient (Wildman–Crippen LogP) is 1.96. The van der Waals surface area contributed by atoms with Crippen molar-refractivity contribution in [3.63, 3.8) is 0 Å². The van der Waals surface area contributed by atoms with E-state index < -0.39 is 11.4 Å². The summed E-state index contributed by atoms with van der Waals surface area (Å²) in [5, 5.41) is 5.34. The second-order valence-corrected chi connectivity index (χ2v) is 5.84. The van der Waals surface area contributed by atoms with Crippen molar-refractivity contribution in [3.05, 3.63) is 29.8 Å². The molecule has 0 bridgehead atoms. The van der Waals surface area contributed by atoms with Crippen LogP contribution in [-0.4, -0.2) is 31.4 Å². The van der Waals surface area contributed by atoms with E-state index in [9.17, 15) is 14.4 Å². The Labute approximate surface area is 130 Å². The molecule has 2 N–H and O–H groups in total. The SMILES string of the molecule is COC(=O)c1ccccc1NC(=O)CCNC(=O)C(C)(C)C. The van der Waals surface area contributed by atoms with Crippen LogP contribution in [0.5, 0.6) is 0 Å². The normalized spacial score (nSPS) is 10.7. The second-order valence-electron chi connectivity index (χ2n) is 5.84. The summed E-state index contributed by atoms with van der Waals surface area (Å²) < 4.78 is 4.66. The van der Waals surface area contributed by atoms with Gasteiger partial charge in [-0.15, -0.1) is 0 Å². The molecule has 0 fully saturated rings. The van der Waals surface area contributed by atoms with Gasteiger partial charge in [-0.3, -0.25) is 9.59 Å². The zero-order valence-corrected chi connectivity index (χ0v) is 13.4. The minimum atomic E-state index is -0.517. The molecule has 0 unspecified atom stereocenters. The fourth-order valence-corrected chi connectivity index (χ4v) is 1.65. The van der Waals surface area contributed by atoms with E-state index in [2.05, 4.69) is 15.4 Å². The van der Waals surface area contributed by atoms with Crippen LogP contribution >= 0.6 is 0 Å². The van der Waals surface area contributed by atoms with Gasteiger partial charge in [-0.1, -0.05) is 32.9 Å². The van der Waals surface area contributed by atoms with Gasteiger partial charge in [-0.25, -0.2) is 4.79 Å². The first-order valence-corrected chi connectivity index (χ1v) is 7.01. The first kappa shape index (κ1) is 17.7. The summed E-state index contributed by atoms with van der Waals surface area (Å²) in [5.74, 6) is -0.919. The number of carbonyl (C=O) groups is 3. The van der Waals surface area contributed by atoms with Gasteiger partial charge in [0.05, 0.1) is 18.4 Å². The van der Waals surface area contributed by atoms with Crippen molar-refractivity contribution in [1.82, 2.24) is 5.32 Å². The van der Waals surface area contributed by atoms with Gasteiger partial charge in [0.15, 0.2) is 0 Å². The standard InChI is InChI=1S/C16H22N2O4/c1-16(2,3)15(21)17-10-9-13(19)18-12-8-6-5-7-11(12)14(20)22-4/h5-8H,9-10H2,1-4H3,(H,17,21)(H,18,19). The first-order chi connectivity index (χ1) is 10.3. The molecule has 22 heavy (non-hydrogen) atoms. The lowest BCUT2D eigenvalue weighted by atomic mass is 9.96. The maximum Gasteiger partial charge on any atom is 0.339 e. The van der Waals surface area contributed by atoms with Gasteiger partial charge in [-0.2, -0.15) is 0 Å². The Balaban J connectivity index is 2.56. The zero-order chi connectivity index (χ0) is 16.8. The Bertz CT molecular complexity index is 562. The number of methoxy groups -OCH3 is 1. The van der Waals surface area contributed by atoms with Crippen molar-refractivity contribution in [2.24, 2.45) is 5.41 Å². The third-order valence-corrected chi connectivity index (χ3v) is 2.93. The lowest BCUT2D eigenvalue weighted by Gasteiger charge is -2.17. The molecule has 0 spiro atoms. The summed E-state index contributed by atoms with van der Waals surface area (Å²) in [5.41, 5.74) is 0.187. The third-order valence-electron chi connectivity index (χ3n) is 2.93. The average Bonchev–Trinajstić information content (AvgIpc) is 2.46. The van der Waals surface area contributed by atoms with Gasteiger partial charge in [0, 0.05) is 18.4 Å². The van der Waals surface area contributed by atoms with E-state index in [0.29, 0.717) is 5.69 Å². The highest BCUT2D eigenvalue weighted by atomic mass is 16.5.